The minimum Gasteiger partial charge on any atom is -0.448 e. The van der Waals surface area contributed by atoms with Gasteiger partial charge in [-0.25, -0.2) is 4.79 Å². The Labute approximate surface area is 144 Å². The molecule has 2 rings (SSSR count). The van der Waals surface area contributed by atoms with Crippen LogP contribution in [-0.4, -0.2) is 41.2 Å². The summed E-state index contributed by atoms with van der Waals surface area (Å²) in [5.41, 5.74) is 0.389. The lowest BCUT2D eigenvalue weighted by Crippen LogP contribution is -2.43. The molecule has 0 amide bonds. The predicted molar refractivity (Wildman–Crippen MR) is 88.5 cm³/mol. The second kappa shape index (κ2) is 7.55. The van der Waals surface area contributed by atoms with E-state index in [2.05, 4.69) is 15.9 Å². The SMILES string of the molecule is CCC(Br)C1OC(C)(C)OC1C(C=O)OC(=O)c1ccccc1. The standard InChI is InChI=1S/C17H21BrO5/c1-4-12(18)14-15(23-17(2,3)22-14)13(10-19)21-16(20)11-8-6-5-7-9-11/h5-10,12-15H,4H2,1-3H3. The third kappa shape index (κ3) is 4.40. The Morgan fingerprint density at radius 1 is 1.30 bits per heavy atom. The van der Waals surface area contributed by atoms with Crippen molar-refractivity contribution in [1.29, 1.82) is 0 Å². The second-order valence-corrected chi connectivity index (χ2v) is 7.04. The van der Waals surface area contributed by atoms with Crippen molar-refractivity contribution in [2.24, 2.45) is 0 Å². The van der Waals surface area contributed by atoms with Crippen molar-refractivity contribution in [3.05, 3.63) is 35.9 Å². The lowest BCUT2D eigenvalue weighted by Gasteiger charge is -2.24. The van der Waals surface area contributed by atoms with Crippen LogP contribution < -0.4 is 0 Å². The summed E-state index contributed by atoms with van der Waals surface area (Å²) in [5.74, 6) is -1.39. The van der Waals surface area contributed by atoms with Crippen molar-refractivity contribution < 1.29 is 23.8 Å². The minimum atomic E-state index is -1.03. The average Bonchev–Trinajstić information content (AvgIpc) is 2.88. The van der Waals surface area contributed by atoms with Crippen LogP contribution in [0.25, 0.3) is 0 Å². The molecule has 1 aromatic rings. The van der Waals surface area contributed by atoms with E-state index >= 15 is 0 Å². The molecule has 1 aromatic carbocycles. The van der Waals surface area contributed by atoms with Gasteiger partial charge in [-0.05, 0) is 32.4 Å². The predicted octanol–water partition coefficient (Wildman–Crippen LogP) is 3.10. The second-order valence-electron chi connectivity index (χ2n) is 5.86. The summed E-state index contributed by atoms with van der Waals surface area (Å²) in [6.45, 7) is 5.55. The number of carbonyl (C=O) groups excluding carboxylic acids is 2. The fraction of sp³-hybridized carbons (Fsp3) is 0.529. The van der Waals surface area contributed by atoms with Gasteiger partial charge < -0.3 is 14.2 Å². The third-order valence-electron chi connectivity index (χ3n) is 3.62. The van der Waals surface area contributed by atoms with Crippen LogP contribution in [0.4, 0.5) is 0 Å². The summed E-state index contributed by atoms with van der Waals surface area (Å²) >= 11 is 3.54. The van der Waals surface area contributed by atoms with Crippen LogP contribution in [0, 0.1) is 0 Å². The molecule has 1 heterocycles. The Morgan fingerprint density at radius 2 is 1.91 bits per heavy atom. The fourth-order valence-corrected chi connectivity index (χ4v) is 2.93. The number of esters is 1. The Bertz CT molecular complexity index is 545. The van der Waals surface area contributed by atoms with E-state index < -0.39 is 24.0 Å². The molecule has 0 spiro atoms. The van der Waals surface area contributed by atoms with Gasteiger partial charge in [0.05, 0.1) is 5.56 Å². The van der Waals surface area contributed by atoms with Crippen LogP contribution in [0.3, 0.4) is 0 Å². The van der Waals surface area contributed by atoms with E-state index in [1.807, 2.05) is 6.92 Å². The highest BCUT2D eigenvalue weighted by atomic mass is 79.9. The van der Waals surface area contributed by atoms with Crippen molar-refractivity contribution >= 4 is 28.2 Å². The number of hydrogen-bond donors (Lipinski definition) is 0. The van der Waals surface area contributed by atoms with Crippen molar-refractivity contribution in [1.82, 2.24) is 0 Å². The Kier molecular flexibility index (Phi) is 5.95. The Balaban J connectivity index is 2.15. The van der Waals surface area contributed by atoms with Gasteiger partial charge in [-0.3, -0.25) is 4.79 Å². The van der Waals surface area contributed by atoms with Gasteiger partial charge in [0.15, 0.2) is 18.2 Å². The lowest BCUT2D eigenvalue weighted by atomic mass is 10.0. The highest BCUT2D eigenvalue weighted by Gasteiger charge is 2.48. The molecular formula is C17H21BrO5. The summed E-state index contributed by atoms with van der Waals surface area (Å²) < 4.78 is 17.0. The van der Waals surface area contributed by atoms with Gasteiger partial charge in [-0.2, -0.15) is 0 Å². The largest absolute Gasteiger partial charge is 0.448 e. The van der Waals surface area contributed by atoms with Crippen LogP contribution >= 0.6 is 15.9 Å². The Morgan fingerprint density at radius 3 is 2.48 bits per heavy atom. The number of hydrogen-bond acceptors (Lipinski definition) is 5. The van der Waals surface area contributed by atoms with E-state index in [9.17, 15) is 9.59 Å². The molecular weight excluding hydrogens is 364 g/mol. The molecule has 0 saturated carbocycles. The summed E-state index contributed by atoms with van der Waals surface area (Å²) in [7, 11) is 0. The molecule has 0 aliphatic carbocycles. The van der Waals surface area contributed by atoms with Crippen molar-refractivity contribution in [3.63, 3.8) is 0 Å². The van der Waals surface area contributed by atoms with Crippen LogP contribution in [0.5, 0.6) is 0 Å². The molecule has 0 N–H and O–H groups in total. The van der Waals surface area contributed by atoms with E-state index in [-0.39, 0.29) is 10.9 Å². The summed E-state index contributed by atoms with van der Waals surface area (Å²) in [5, 5.41) is 0. The zero-order valence-corrected chi connectivity index (χ0v) is 15.0. The molecule has 1 saturated heterocycles. The highest BCUT2D eigenvalue weighted by molar-refractivity contribution is 9.09. The molecule has 126 valence electrons. The molecule has 6 heteroatoms. The van der Waals surface area contributed by atoms with Crippen molar-refractivity contribution in [2.75, 3.05) is 0 Å². The first kappa shape index (κ1) is 18.1. The van der Waals surface area contributed by atoms with Crippen LogP contribution in [0.2, 0.25) is 0 Å². The highest BCUT2D eigenvalue weighted by Crippen LogP contribution is 2.35. The van der Waals surface area contributed by atoms with Gasteiger partial charge in [0.25, 0.3) is 0 Å². The number of alkyl halides is 1. The molecule has 4 unspecified atom stereocenters. The normalized spacial score (nSPS) is 25.6. The third-order valence-corrected chi connectivity index (χ3v) is 4.79. The van der Waals surface area contributed by atoms with Crippen molar-refractivity contribution in [3.8, 4) is 0 Å². The van der Waals surface area contributed by atoms with E-state index in [1.54, 1.807) is 44.2 Å². The number of aldehydes is 1. The molecule has 0 aromatic heterocycles. The van der Waals surface area contributed by atoms with Gasteiger partial charge >= 0.3 is 5.97 Å². The molecule has 23 heavy (non-hydrogen) atoms. The molecule has 1 fully saturated rings. The quantitative estimate of drug-likeness (QED) is 0.428. The smallest absolute Gasteiger partial charge is 0.338 e. The summed E-state index contributed by atoms with van der Waals surface area (Å²) in [4.78, 5) is 23.7. The van der Waals surface area contributed by atoms with E-state index in [0.717, 1.165) is 6.42 Å². The Hall–Kier alpha value is -1.24. The zero-order valence-electron chi connectivity index (χ0n) is 13.4. The topological polar surface area (TPSA) is 61.8 Å². The van der Waals surface area contributed by atoms with Crippen molar-refractivity contribution in [2.45, 2.75) is 56.1 Å². The number of rotatable bonds is 6. The molecule has 5 nitrogen and oxygen atoms in total. The molecule has 1 aliphatic rings. The zero-order chi connectivity index (χ0) is 17.0. The number of ether oxygens (including phenoxy) is 3. The van der Waals surface area contributed by atoms with Gasteiger partial charge in [0.1, 0.15) is 12.2 Å². The lowest BCUT2D eigenvalue weighted by molar-refractivity contribution is -0.157. The molecule has 0 bridgehead atoms. The summed E-state index contributed by atoms with van der Waals surface area (Å²) in [6, 6.07) is 8.55. The molecule has 1 aliphatic heterocycles. The maximum Gasteiger partial charge on any atom is 0.338 e. The van der Waals surface area contributed by atoms with Gasteiger partial charge in [0.2, 0.25) is 0 Å². The first-order valence-electron chi connectivity index (χ1n) is 7.59. The minimum absolute atomic E-state index is 0.00727. The fourth-order valence-electron chi connectivity index (χ4n) is 2.52. The monoisotopic (exact) mass is 384 g/mol. The maximum atomic E-state index is 12.2. The first-order chi connectivity index (χ1) is 10.9. The first-order valence-corrected chi connectivity index (χ1v) is 8.50. The number of benzene rings is 1. The van der Waals surface area contributed by atoms with Gasteiger partial charge in [-0.15, -0.1) is 0 Å². The number of halogens is 1. The van der Waals surface area contributed by atoms with Crippen LogP contribution in [0.1, 0.15) is 37.6 Å². The average molecular weight is 385 g/mol. The van der Waals surface area contributed by atoms with E-state index in [1.165, 1.54) is 0 Å². The summed E-state index contributed by atoms with van der Waals surface area (Å²) in [6.07, 6.45) is -0.674. The van der Waals surface area contributed by atoms with Gasteiger partial charge in [-0.1, -0.05) is 41.1 Å². The van der Waals surface area contributed by atoms with Crippen LogP contribution in [0.15, 0.2) is 30.3 Å². The van der Waals surface area contributed by atoms with E-state index in [0.29, 0.717) is 11.8 Å². The van der Waals surface area contributed by atoms with Gasteiger partial charge in [0, 0.05) is 4.83 Å². The van der Waals surface area contributed by atoms with Crippen LogP contribution in [-0.2, 0) is 19.0 Å². The molecule has 4 atom stereocenters. The maximum absolute atomic E-state index is 12.2. The number of carbonyl (C=O) groups is 2. The van der Waals surface area contributed by atoms with E-state index in [4.69, 9.17) is 14.2 Å². The molecule has 0 radical (unpaired) electrons.